The summed E-state index contributed by atoms with van der Waals surface area (Å²) >= 11 is 0. The monoisotopic (exact) mass is 350 g/mol. The van der Waals surface area contributed by atoms with Crippen molar-refractivity contribution < 1.29 is 18.6 Å². The molecule has 0 bridgehead atoms. The zero-order chi connectivity index (χ0) is 18.0. The van der Waals surface area contributed by atoms with Gasteiger partial charge in [0, 0.05) is 0 Å². The number of hydrogen-bond donors (Lipinski definition) is 1. The number of benzene rings is 1. The Bertz CT molecular complexity index is 631. The summed E-state index contributed by atoms with van der Waals surface area (Å²) in [7, 11) is 0. The molecule has 0 saturated heterocycles. The second-order valence-electron chi connectivity index (χ2n) is 7.74. The highest BCUT2D eigenvalue weighted by atomic mass is 19.2. The Morgan fingerprint density at radius 3 is 2.44 bits per heavy atom. The van der Waals surface area contributed by atoms with Gasteiger partial charge in [-0.05, 0) is 81.8 Å². The van der Waals surface area contributed by atoms with Crippen molar-refractivity contribution in [3.63, 3.8) is 0 Å². The van der Waals surface area contributed by atoms with E-state index in [9.17, 15) is 13.9 Å². The first-order chi connectivity index (χ1) is 11.9. The SMILES string of the molecule is CCOc1ccc(C2CCC(C3C=CC(C)(O)CC3)CC2)c(F)c1F. The lowest BCUT2D eigenvalue weighted by molar-refractivity contribution is 0.0795. The van der Waals surface area contributed by atoms with E-state index >= 15 is 0 Å². The molecular weight excluding hydrogens is 322 g/mol. The first-order valence-electron chi connectivity index (χ1n) is 9.43. The molecule has 1 aromatic carbocycles. The minimum Gasteiger partial charge on any atom is -0.491 e. The van der Waals surface area contributed by atoms with Crippen LogP contribution in [0.15, 0.2) is 24.3 Å². The van der Waals surface area contributed by atoms with Gasteiger partial charge in [-0.25, -0.2) is 4.39 Å². The minimum atomic E-state index is -0.862. The third-order valence-electron chi connectivity index (χ3n) is 5.88. The smallest absolute Gasteiger partial charge is 0.200 e. The van der Waals surface area contributed by atoms with E-state index in [-0.39, 0.29) is 11.7 Å². The summed E-state index contributed by atoms with van der Waals surface area (Å²) in [6.07, 6.45) is 9.70. The van der Waals surface area contributed by atoms with Crippen molar-refractivity contribution in [2.75, 3.05) is 6.61 Å². The number of aliphatic hydroxyl groups is 1. The highest BCUT2D eigenvalue weighted by Gasteiger charge is 2.32. The lowest BCUT2D eigenvalue weighted by Crippen LogP contribution is -2.29. The van der Waals surface area contributed by atoms with Crippen LogP contribution in [0.3, 0.4) is 0 Å². The molecule has 138 valence electrons. The molecule has 1 saturated carbocycles. The highest BCUT2D eigenvalue weighted by Crippen LogP contribution is 2.43. The van der Waals surface area contributed by atoms with Gasteiger partial charge in [0.25, 0.3) is 0 Å². The Morgan fingerprint density at radius 2 is 1.84 bits per heavy atom. The molecule has 2 atom stereocenters. The highest BCUT2D eigenvalue weighted by molar-refractivity contribution is 5.33. The van der Waals surface area contributed by atoms with Gasteiger partial charge in [0.2, 0.25) is 5.82 Å². The van der Waals surface area contributed by atoms with Gasteiger partial charge in [0.15, 0.2) is 11.6 Å². The first-order valence-corrected chi connectivity index (χ1v) is 9.43. The Kier molecular flexibility index (Phi) is 5.47. The maximum Gasteiger partial charge on any atom is 0.200 e. The van der Waals surface area contributed by atoms with Crippen LogP contribution in [0, 0.1) is 23.5 Å². The van der Waals surface area contributed by atoms with Gasteiger partial charge in [-0.1, -0.05) is 18.2 Å². The number of rotatable bonds is 4. The lowest BCUT2D eigenvalue weighted by Gasteiger charge is -2.36. The zero-order valence-corrected chi connectivity index (χ0v) is 15.1. The van der Waals surface area contributed by atoms with Crippen molar-refractivity contribution in [3.8, 4) is 5.75 Å². The molecule has 1 fully saturated rings. The molecule has 1 N–H and O–H groups in total. The lowest BCUT2D eigenvalue weighted by atomic mass is 9.70. The third-order valence-corrected chi connectivity index (χ3v) is 5.88. The fourth-order valence-electron chi connectivity index (χ4n) is 4.35. The minimum absolute atomic E-state index is 0.00293. The van der Waals surface area contributed by atoms with Crippen molar-refractivity contribution in [3.05, 3.63) is 41.5 Å². The van der Waals surface area contributed by atoms with Crippen LogP contribution in [0.2, 0.25) is 0 Å². The zero-order valence-electron chi connectivity index (χ0n) is 15.1. The third kappa shape index (κ3) is 4.05. The van der Waals surface area contributed by atoms with E-state index in [0.29, 0.717) is 24.0 Å². The molecule has 0 aromatic heterocycles. The largest absolute Gasteiger partial charge is 0.491 e. The van der Waals surface area contributed by atoms with Crippen molar-refractivity contribution in [1.29, 1.82) is 0 Å². The van der Waals surface area contributed by atoms with Crippen LogP contribution in [0.1, 0.15) is 63.9 Å². The summed E-state index contributed by atoms with van der Waals surface area (Å²) in [4.78, 5) is 0. The van der Waals surface area contributed by atoms with Crippen molar-refractivity contribution in [2.24, 2.45) is 11.8 Å². The molecule has 0 aliphatic heterocycles. The maximum atomic E-state index is 14.4. The molecule has 1 aromatic rings. The Balaban J connectivity index is 1.64. The Labute approximate surface area is 148 Å². The number of hydrogen-bond acceptors (Lipinski definition) is 2. The number of ether oxygens (including phenoxy) is 1. The van der Waals surface area contributed by atoms with Crippen molar-refractivity contribution >= 4 is 0 Å². The van der Waals surface area contributed by atoms with Gasteiger partial charge in [0.1, 0.15) is 0 Å². The Morgan fingerprint density at radius 1 is 1.12 bits per heavy atom. The first kappa shape index (κ1) is 18.4. The molecule has 2 aliphatic rings. The van der Waals surface area contributed by atoms with Gasteiger partial charge in [-0.15, -0.1) is 0 Å². The molecule has 0 spiro atoms. The second kappa shape index (κ2) is 7.45. The van der Waals surface area contributed by atoms with Gasteiger partial charge in [-0.2, -0.15) is 4.39 Å². The van der Waals surface area contributed by atoms with Crippen LogP contribution < -0.4 is 4.74 Å². The maximum absolute atomic E-state index is 14.4. The predicted molar refractivity (Wildman–Crippen MR) is 94.7 cm³/mol. The van der Waals surface area contributed by atoms with Crippen molar-refractivity contribution in [1.82, 2.24) is 0 Å². The Hall–Kier alpha value is -1.42. The van der Waals surface area contributed by atoms with E-state index in [1.54, 1.807) is 19.1 Å². The average molecular weight is 350 g/mol. The van der Waals surface area contributed by atoms with Gasteiger partial charge >= 0.3 is 0 Å². The summed E-state index contributed by atoms with van der Waals surface area (Å²) < 4.78 is 33.7. The van der Waals surface area contributed by atoms with Gasteiger partial charge in [0.05, 0.1) is 12.2 Å². The van der Waals surface area contributed by atoms with Crippen molar-refractivity contribution in [2.45, 2.75) is 63.9 Å². The van der Waals surface area contributed by atoms with E-state index in [4.69, 9.17) is 4.74 Å². The summed E-state index contributed by atoms with van der Waals surface area (Å²) in [5.74, 6) is -0.446. The van der Waals surface area contributed by atoms with E-state index in [2.05, 4.69) is 6.08 Å². The molecule has 2 unspecified atom stereocenters. The summed E-state index contributed by atoms with van der Waals surface area (Å²) in [6.45, 7) is 3.92. The molecule has 0 amide bonds. The fourth-order valence-corrected chi connectivity index (χ4v) is 4.35. The fraction of sp³-hybridized carbons (Fsp3) is 0.619. The number of halogens is 2. The summed E-state index contributed by atoms with van der Waals surface area (Å²) in [5, 5.41) is 10.0. The molecule has 25 heavy (non-hydrogen) atoms. The van der Waals surface area contributed by atoms with Crippen LogP contribution in [0.25, 0.3) is 0 Å². The van der Waals surface area contributed by atoms with Gasteiger partial charge < -0.3 is 9.84 Å². The predicted octanol–water partition coefficient (Wildman–Crippen LogP) is 5.35. The molecule has 4 heteroatoms. The molecular formula is C21H28F2O2. The molecule has 3 rings (SSSR count). The van der Waals surface area contributed by atoms with E-state index in [1.807, 2.05) is 13.0 Å². The molecule has 2 nitrogen and oxygen atoms in total. The molecule has 2 aliphatic carbocycles. The number of allylic oxidation sites excluding steroid dienone is 1. The standard InChI is InChI=1S/C21H28F2O2/c1-3-25-18-9-8-17(19(22)20(18)23)16-6-4-14(5-7-16)15-10-12-21(2,24)13-11-15/h8-10,12,14-16,24H,3-7,11,13H2,1-2H3. The normalized spacial score (nSPS) is 32.6. The topological polar surface area (TPSA) is 29.5 Å². The van der Waals surface area contributed by atoms with E-state index in [1.165, 1.54) is 0 Å². The summed E-state index contributed by atoms with van der Waals surface area (Å²) in [6, 6.07) is 3.24. The van der Waals surface area contributed by atoms with E-state index in [0.717, 1.165) is 38.5 Å². The molecule has 0 heterocycles. The van der Waals surface area contributed by atoms with Crippen LogP contribution >= 0.6 is 0 Å². The van der Waals surface area contributed by atoms with E-state index < -0.39 is 17.2 Å². The average Bonchev–Trinajstić information content (AvgIpc) is 2.60. The molecule has 0 radical (unpaired) electrons. The van der Waals surface area contributed by atoms with Crippen LogP contribution in [0.5, 0.6) is 5.75 Å². The summed E-state index contributed by atoms with van der Waals surface area (Å²) in [5.41, 5.74) is -0.182. The second-order valence-corrected chi connectivity index (χ2v) is 7.74. The van der Waals surface area contributed by atoms with Crippen LogP contribution in [-0.2, 0) is 0 Å². The quantitative estimate of drug-likeness (QED) is 0.741. The van der Waals surface area contributed by atoms with Crippen LogP contribution in [0.4, 0.5) is 8.78 Å². The van der Waals surface area contributed by atoms with Gasteiger partial charge in [-0.3, -0.25) is 0 Å². The van der Waals surface area contributed by atoms with Crippen LogP contribution in [-0.4, -0.2) is 17.3 Å².